The Labute approximate surface area is 195 Å². The zero-order chi connectivity index (χ0) is 22.1. The molecule has 6 heteroatoms. The third-order valence-corrected chi connectivity index (χ3v) is 6.23. The number of nitrogens with one attached hydrogen (secondary N) is 1. The summed E-state index contributed by atoms with van der Waals surface area (Å²) in [4.78, 5) is 4.53. The van der Waals surface area contributed by atoms with Gasteiger partial charge in [0.2, 0.25) is 0 Å². The summed E-state index contributed by atoms with van der Waals surface area (Å²) in [5, 5.41) is 5.23. The van der Waals surface area contributed by atoms with Gasteiger partial charge < -0.3 is 4.52 Å². The summed E-state index contributed by atoms with van der Waals surface area (Å²) in [5.41, 5.74) is 11.4. The third kappa shape index (κ3) is 7.34. The van der Waals surface area contributed by atoms with E-state index in [1.165, 1.54) is 32.1 Å². The van der Waals surface area contributed by atoms with E-state index < -0.39 is 0 Å². The maximum atomic E-state index is 8.46. The summed E-state index contributed by atoms with van der Waals surface area (Å²) in [7, 11) is 0. The predicted molar refractivity (Wildman–Crippen MR) is 127 cm³/mol. The SMILES string of the molecule is CCCCCCCCc1noc(-c2ccc(C([NH])CCc3ccc(Cl)c(Cl)c3)cc2)n1. The van der Waals surface area contributed by atoms with Crippen LogP contribution in [-0.4, -0.2) is 10.1 Å². The van der Waals surface area contributed by atoms with Crippen LogP contribution in [0.5, 0.6) is 0 Å². The van der Waals surface area contributed by atoms with Gasteiger partial charge in [-0.05, 0) is 54.7 Å². The maximum Gasteiger partial charge on any atom is 0.257 e. The van der Waals surface area contributed by atoms with Crippen LogP contribution >= 0.6 is 23.2 Å². The summed E-state index contributed by atoms with van der Waals surface area (Å²) in [6.07, 6.45) is 9.83. The molecule has 0 aliphatic heterocycles. The number of halogens is 2. The highest BCUT2D eigenvalue weighted by atomic mass is 35.5. The van der Waals surface area contributed by atoms with Crippen LogP contribution in [0.3, 0.4) is 0 Å². The molecule has 1 aromatic heterocycles. The molecule has 1 heterocycles. The minimum Gasteiger partial charge on any atom is -0.334 e. The third-order valence-electron chi connectivity index (χ3n) is 5.49. The maximum absolute atomic E-state index is 8.46. The van der Waals surface area contributed by atoms with E-state index in [1.54, 1.807) is 6.07 Å². The Balaban J connectivity index is 1.49. The van der Waals surface area contributed by atoms with Gasteiger partial charge in [-0.3, -0.25) is 0 Å². The summed E-state index contributed by atoms with van der Waals surface area (Å²) in [6.45, 7) is 2.23. The fourth-order valence-electron chi connectivity index (χ4n) is 3.57. The Morgan fingerprint density at radius 1 is 0.903 bits per heavy atom. The van der Waals surface area contributed by atoms with Gasteiger partial charge in [-0.1, -0.05) is 85.6 Å². The van der Waals surface area contributed by atoms with Crippen LogP contribution in [0.15, 0.2) is 47.0 Å². The number of aryl methyl sites for hydroxylation is 2. The van der Waals surface area contributed by atoms with E-state index in [0.29, 0.717) is 22.4 Å². The minimum absolute atomic E-state index is 0.311. The lowest BCUT2D eigenvalue weighted by Gasteiger charge is -2.11. The Morgan fingerprint density at radius 3 is 2.39 bits per heavy atom. The van der Waals surface area contributed by atoms with E-state index in [-0.39, 0.29) is 6.04 Å². The number of rotatable bonds is 12. The van der Waals surface area contributed by atoms with Crippen molar-refractivity contribution >= 4 is 23.2 Å². The number of nitrogens with zero attached hydrogens (tertiary/aromatic N) is 2. The van der Waals surface area contributed by atoms with Crippen molar-refractivity contribution in [2.45, 2.75) is 70.8 Å². The molecule has 165 valence electrons. The molecule has 2 aromatic carbocycles. The van der Waals surface area contributed by atoms with Crippen LogP contribution in [0.2, 0.25) is 10.0 Å². The number of benzene rings is 2. The first kappa shape index (κ1) is 23.8. The second-order valence-electron chi connectivity index (χ2n) is 8.00. The molecule has 31 heavy (non-hydrogen) atoms. The molecule has 3 aromatic rings. The number of hydrogen-bond acceptors (Lipinski definition) is 3. The zero-order valence-electron chi connectivity index (χ0n) is 18.0. The average molecular weight is 459 g/mol. The molecule has 4 nitrogen and oxygen atoms in total. The molecular formula is C25H30Cl2N3O. The molecule has 0 saturated heterocycles. The van der Waals surface area contributed by atoms with Crippen LogP contribution in [-0.2, 0) is 12.8 Å². The molecule has 1 atom stereocenters. The van der Waals surface area contributed by atoms with Crippen LogP contribution in [0.1, 0.15) is 74.9 Å². The standard InChI is InChI=1S/C25H30Cl2N3O/c1-2-3-4-5-6-7-8-24-29-25(31-30-24)20-13-11-19(12-14-20)23(28)16-10-18-9-15-21(26)22(27)17-18/h9,11-15,17,23,28H,2-8,10,16H2,1H3. The molecular weight excluding hydrogens is 429 g/mol. The fraction of sp³-hybridized carbons (Fsp3) is 0.440. The molecule has 0 bridgehead atoms. The number of aromatic nitrogens is 2. The summed E-state index contributed by atoms with van der Waals surface area (Å²) in [6, 6.07) is 13.2. The fourth-order valence-corrected chi connectivity index (χ4v) is 3.89. The van der Waals surface area contributed by atoms with Crippen molar-refractivity contribution in [3.05, 3.63) is 69.5 Å². The Bertz CT molecular complexity index is 940. The molecule has 1 unspecified atom stereocenters. The van der Waals surface area contributed by atoms with Crippen LogP contribution in [0.4, 0.5) is 0 Å². The van der Waals surface area contributed by atoms with Gasteiger partial charge in [-0.15, -0.1) is 0 Å². The van der Waals surface area contributed by atoms with E-state index in [0.717, 1.165) is 41.8 Å². The van der Waals surface area contributed by atoms with Crippen molar-refractivity contribution in [1.29, 1.82) is 0 Å². The van der Waals surface area contributed by atoms with Gasteiger partial charge in [0.15, 0.2) is 5.82 Å². The van der Waals surface area contributed by atoms with Gasteiger partial charge >= 0.3 is 0 Å². The first-order valence-electron chi connectivity index (χ1n) is 11.1. The van der Waals surface area contributed by atoms with Crippen molar-refractivity contribution in [2.75, 3.05) is 0 Å². The zero-order valence-corrected chi connectivity index (χ0v) is 19.6. The first-order valence-corrected chi connectivity index (χ1v) is 11.9. The average Bonchev–Trinajstić information content (AvgIpc) is 3.26. The van der Waals surface area contributed by atoms with Gasteiger partial charge in [0.05, 0.1) is 10.0 Å². The van der Waals surface area contributed by atoms with E-state index in [9.17, 15) is 0 Å². The largest absolute Gasteiger partial charge is 0.334 e. The van der Waals surface area contributed by atoms with Crippen molar-refractivity contribution in [2.24, 2.45) is 0 Å². The highest BCUT2D eigenvalue weighted by Gasteiger charge is 2.12. The second kappa shape index (κ2) is 12.2. The van der Waals surface area contributed by atoms with Gasteiger partial charge in [0.1, 0.15) is 0 Å². The van der Waals surface area contributed by atoms with Crippen LogP contribution < -0.4 is 5.73 Å². The van der Waals surface area contributed by atoms with Gasteiger partial charge in [-0.25, -0.2) is 5.73 Å². The van der Waals surface area contributed by atoms with E-state index in [2.05, 4.69) is 17.1 Å². The van der Waals surface area contributed by atoms with Gasteiger partial charge in [-0.2, -0.15) is 4.98 Å². The molecule has 1 N–H and O–H groups in total. The Hall–Kier alpha value is -1.88. The Morgan fingerprint density at radius 2 is 1.65 bits per heavy atom. The molecule has 0 aliphatic rings. The minimum atomic E-state index is -0.311. The topological polar surface area (TPSA) is 62.7 Å². The Kier molecular flexibility index (Phi) is 9.38. The molecule has 0 saturated carbocycles. The first-order chi connectivity index (χ1) is 15.1. The van der Waals surface area contributed by atoms with Gasteiger partial charge in [0, 0.05) is 18.0 Å². The second-order valence-corrected chi connectivity index (χ2v) is 8.81. The lowest BCUT2D eigenvalue weighted by Crippen LogP contribution is -2.01. The summed E-state index contributed by atoms with van der Waals surface area (Å²) >= 11 is 12.0. The van der Waals surface area contributed by atoms with Crippen molar-refractivity contribution < 1.29 is 4.52 Å². The van der Waals surface area contributed by atoms with E-state index >= 15 is 0 Å². The highest BCUT2D eigenvalue weighted by molar-refractivity contribution is 6.42. The van der Waals surface area contributed by atoms with E-state index in [4.69, 9.17) is 33.5 Å². The predicted octanol–water partition coefficient (Wildman–Crippen LogP) is 7.90. The van der Waals surface area contributed by atoms with Gasteiger partial charge in [0.25, 0.3) is 5.89 Å². The molecule has 0 aliphatic carbocycles. The highest BCUT2D eigenvalue weighted by Crippen LogP contribution is 2.26. The smallest absolute Gasteiger partial charge is 0.257 e. The van der Waals surface area contributed by atoms with Crippen LogP contribution in [0, 0.1) is 0 Å². The van der Waals surface area contributed by atoms with Crippen molar-refractivity contribution in [3.63, 3.8) is 0 Å². The molecule has 0 fully saturated rings. The van der Waals surface area contributed by atoms with Crippen molar-refractivity contribution in [1.82, 2.24) is 15.9 Å². The normalized spacial score (nSPS) is 12.3. The number of unbranched alkanes of at least 4 members (excludes halogenated alkanes) is 5. The molecule has 0 spiro atoms. The summed E-state index contributed by atoms with van der Waals surface area (Å²) in [5.74, 6) is 1.32. The monoisotopic (exact) mass is 458 g/mol. The molecule has 1 radical (unpaired) electrons. The quantitative estimate of drug-likeness (QED) is 0.259. The number of hydrogen-bond donors (Lipinski definition) is 0. The van der Waals surface area contributed by atoms with Crippen molar-refractivity contribution in [3.8, 4) is 11.5 Å². The lowest BCUT2D eigenvalue weighted by atomic mass is 9.99. The van der Waals surface area contributed by atoms with E-state index in [1.807, 2.05) is 36.4 Å². The van der Waals surface area contributed by atoms with Crippen LogP contribution in [0.25, 0.3) is 11.5 Å². The molecule has 0 amide bonds. The summed E-state index contributed by atoms with van der Waals surface area (Å²) < 4.78 is 5.44. The lowest BCUT2D eigenvalue weighted by molar-refractivity contribution is 0.421. The molecule has 3 rings (SSSR count).